The molecule has 7 nitrogen and oxygen atoms in total. The first-order valence-corrected chi connectivity index (χ1v) is 9.34. The molecule has 0 unspecified atom stereocenters. The molecule has 0 saturated heterocycles. The van der Waals surface area contributed by atoms with E-state index in [0.717, 1.165) is 54.9 Å². The Labute approximate surface area is 160 Å². The second kappa shape index (κ2) is 9.41. The summed E-state index contributed by atoms with van der Waals surface area (Å²) in [5.41, 5.74) is 4.94. The normalized spacial score (nSPS) is 12.0. The van der Waals surface area contributed by atoms with Crippen LogP contribution in [0.15, 0.2) is 29.6 Å². The number of imidazole rings is 1. The second-order valence-electron chi connectivity index (χ2n) is 7.74. The number of fused-ring (bicyclic) bond motifs is 1. The molecule has 1 aromatic heterocycles. The number of carbonyl (C=O) groups is 1. The summed E-state index contributed by atoms with van der Waals surface area (Å²) in [5.74, 6) is 0.536. The molecule has 0 aliphatic carbocycles. The minimum absolute atomic E-state index is 0.249. The molecule has 0 radical (unpaired) electrons. The minimum atomic E-state index is -0.549. The third kappa shape index (κ3) is 6.29. The van der Waals surface area contributed by atoms with Gasteiger partial charge in [0.05, 0.1) is 16.3 Å². The van der Waals surface area contributed by atoms with E-state index in [9.17, 15) is 9.70 Å². The van der Waals surface area contributed by atoms with Crippen LogP contribution in [0, 0.1) is 10.3 Å². The molecule has 2 N–H and O–H groups in total. The van der Waals surface area contributed by atoms with E-state index in [4.69, 9.17) is 4.98 Å². The number of hydrogen-bond acceptors (Lipinski definition) is 5. The fraction of sp³-hybridized carbons (Fsp3) is 0.500. The van der Waals surface area contributed by atoms with E-state index < -0.39 is 5.91 Å². The predicted molar refractivity (Wildman–Crippen MR) is 109 cm³/mol. The van der Waals surface area contributed by atoms with Crippen LogP contribution in [0.25, 0.3) is 17.1 Å². The van der Waals surface area contributed by atoms with Crippen molar-refractivity contribution in [2.75, 3.05) is 13.1 Å². The fourth-order valence-corrected chi connectivity index (χ4v) is 2.85. The number of nitrogens with zero attached hydrogens (tertiary/aromatic N) is 3. The zero-order valence-electron chi connectivity index (χ0n) is 16.6. The first-order valence-electron chi connectivity index (χ1n) is 9.34. The van der Waals surface area contributed by atoms with E-state index in [-0.39, 0.29) is 5.41 Å². The summed E-state index contributed by atoms with van der Waals surface area (Å²) >= 11 is 0. The Kier molecular flexibility index (Phi) is 7.24. The molecule has 0 spiro atoms. The van der Waals surface area contributed by atoms with Crippen molar-refractivity contribution in [2.45, 2.75) is 47.1 Å². The first-order chi connectivity index (χ1) is 12.8. The van der Waals surface area contributed by atoms with E-state index in [1.54, 1.807) is 6.08 Å². The number of rotatable bonds is 9. The van der Waals surface area contributed by atoms with Gasteiger partial charge in [0.2, 0.25) is 0 Å². The summed E-state index contributed by atoms with van der Waals surface area (Å²) in [6, 6.07) is 5.93. The number of nitrogens with one attached hydrogen (secondary N) is 2. The highest BCUT2D eigenvalue weighted by Gasteiger charge is 2.15. The van der Waals surface area contributed by atoms with Crippen molar-refractivity contribution >= 4 is 23.0 Å². The maximum atomic E-state index is 11.3. The second-order valence-corrected chi connectivity index (χ2v) is 7.74. The SMILES string of the molecule is CCNCCn1c(CCC(C)(C)C)nc2cc(/C=C/C(=O)NN=O)ccc21. The van der Waals surface area contributed by atoms with Crippen molar-refractivity contribution in [3.8, 4) is 0 Å². The van der Waals surface area contributed by atoms with Gasteiger partial charge in [-0.1, -0.05) is 33.8 Å². The zero-order chi connectivity index (χ0) is 19.9. The number of carbonyl (C=O) groups excluding carboxylic acids is 1. The first kappa shape index (κ1) is 20.8. The standard InChI is InChI=1S/C20H29N5O2/c1-5-21-12-13-25-17-8-6-15(7-9-19(26)23-24-27)14-16(17)22-18(25)10-11-20(2,3)4/h6-9,14,21H,5,10-13H2,1-4H3,(H,23,26,27)/b9-7+. The average Bonchev–Trinajstić information content (AvgIpc) is 2.95. The molecular weight excluding hydrogens is 342 g/mol. The quantitative estimate of drug-likeness (QED) is 0.306. The summed E-state index contributed by atoms with van der Waals surface area (Å²) in [4.78, 5) is 26.2. The molecule has 7 heteroatoms. The number of likely N-dealkylation sites (N-methyl/N-ethyl adjacent to an activating group) is 1. The van der Waals surface area contributed by atoms with Gasteiger partial charge in [-0.25, -0.2) is 10.4 Å². The van der Waals surface area contributed by atoms with Crippen LogP contribution in [-0.2, 0) is 17.8 Å². The third-order valence-electron chi connectivity index (χ3n) is 4.30. The molecule has 146 valence electrons. The molecule has 2 aromatic rings. The third-order valence-corrected chi connectivity index (χ3v) is 4.30. The minimum Gasteiger partial charge on any atom is -0.327 e. The van der Waals surface area contributed by atoms with Gasteiger partial charge in [0.25, 0.3) is 5.91 Å². The Morgan fingerprint density at radius 2 is 2.11 bits per heavy atom. The lowest BCUT2D eigenvalue weighted by atomic mass is 9.90. The smallest absolute Gasteiger partial charge is 0.266 e. The maximum absolute atomic E-state index is 11.3. The van der Waals surface area contributed by atoms with Gasteiger partial charge < -0.3 is 9.88 Å². The Morgan fingerprint density at radius 1 is 1.33 bits per heavy atom. The van der Waals surface area contributed by atoms with Gasteiger partial charge >= 0.3 is 0 Å². The van der Waals surface area contributed by atoms with Crippen LogP contribution in [0.2, 0.25) is 0 Å². The Morgan fingerprint density at radius 3 is 2.78 bits per heavy atom. The van der Waals surface area contributed by atoms with Crippen LogP contribution in [0.4, 0.5) is 0 Å². The van der Waals surface area contributed by atoms with Crippen LogP contribution >= 0.6 is 0 Å². The molecule has 1 amide bonds. The highest BCUT2D eigenvalue weighted by atomic mass is 16.3. The van der Waals surface area contributed by atoms with Crippen LogP contribution in [0.3, 0.4) is 0 Å². The number of aryl methyl sites for hydroxylation is 1. The molecule has 27 heavy (non-hydrogen) atoms. The lowest BCUT2D eigenvalue weighted by Crippen LogP contribution is -2.20. The molecule has 2 rings (SSSR count). The largest absolute Gasteiger partial charge is 0.327 e. The molecule has 1 heterocycles. The molecule has 0 bridgehead atoms. The number of amides is 1. The van der Waals surface area contributed by atoms with Crippen molar-refractivity contribution in [1.82, 2.24) is 20.3 Å². The van der Waals surface area contributed by atoms with Crippen LogP contribution in [0.5, 0.6) is 0 Å². The number of nitroso groups, excluding NO2 is 1. The summed E-state index contributed by atoms with van der Waals surface area (Å²) in [6.07, 6.45) is 4.91. The highest BCUT2D eigenvalue weighted by molar-refractivity contribution is 5.92. The molecule has 0 aliphatic rings. The molecule has 0 atom stereocenters. The van der Waals surface area contributed by atoms with Gasteiger partial charge in [0.15, 0.2) is 0 Å². The van der Waals surface area contributed by atoms with Crippen molar-refractivity contribution in [1.29, 1.82) is 0 Å². The van der Waals surface area contributed by atoms with E-state index >= 15 is 0 Å². The maximum Gasteiger partial charge on any atom is 0.266 e. The van der Waals surface area contributed by atoms with E-state index in [1.807, 2.05) is 23.6 Å². The van der Waals surface area contributed by atoms with Crippen molar-refractivity contribution in [3.05, 3.63) is 40.6 Å². The van der Waals surface area contributed by atoms with Gasteiger partial charge in [-0.2, -0.15) is 0 Å². The summed E-state index contributed by atoms with van der Waals surface area (Å²) in [5, 5.41) is 5.73. The van der Waals surface area contributed by atoms with Crippen molar-refractivity contribution in [3.63, 3.8) is 0 Å². The van der Waals surface area contributed by atoms with Crippen LogP contribution in [0.1, 0.15) is 45.5 Å². The summed E-state index contributed by atoms with van der Waals surface area (Å²) in [6.45, 7) is 11.5. The monoisotopic (exact) mass is 371 g/mol. The summed E-state index contributed by atoms with van der Waals surface area (Å²) < 4.78 is 2.28. The van der Waals surface area contributed by atoms with Gasteiger partial charge in [0, 0.05) is 25.6 Å². The predicted octanol–water partition coefficient (Wildman–Crippen LogP) is 3.44. The molecule has 0 fully saturated rings. The molecule has 0 saturated carbocycles. The Balaban J connectivity index is 2.30. The highest BCUT2D eigenvalue weighted by Crippen LogP contribution is 2.24. The Hall–Kier alpha value is -2.54. The molecule has 0 aliphatic heterocycles. The van der Waals surface area contributed by atoms with Crippen LogP contribution in [-0.4, -0.2) is 28.5 Å². The van der Waals surface area contributed by atoms with E-state index in [0.29, 0.717) is 0 Å². The fourth-order valence-electron chi connectivity index (χ4n) is 2.85. The van der Waals surface area contributed by atoms with Crippen molar-refractivity contribution in [2.24, 2.45) is 10.7 Å². The van der Waals surface area contributed by atoms with Gasteiger partial charge in [-0.15, -0.1) is 4.91 Å². The Bertz CT molecular complexity index is 818. The zero-order valence-corrected chi connectivity index (χ0v) is 16.6. The van der Waals surface area contributed by atoms with Gasteiger partial charge in [0.1, 0.15) is 5.82 Å². The van der Waals surface area contributed by atoms with Crippen LogP contribution < -0.4 is 10.7 Å². The number of benzene rings is 1. The average molecular weight is 371 g/mol. The lowest BCUT2D eigenvalue weighted by Gasteiger charge is -2.18. The number of aromatic nitrogens is 2. The van der Waals surface area contributed by atoms with Crippen molar-refractivity contribution < 1.29 is 4.79 Å². The molecule has 1 aromatic carbocycles. The lowest BCUT2D eigenvalue weighted by molar-refractivity contribution is -0.116. The van der Waals surface area contributed by atoms with Gasteiger partial charge in [-0.05, 0) is 42.2 Å². The number of hydrogen-bond donors (Lipinski definition) is 2. The van der Waals surface area contributed by atoms with E-state index in [1.165, 1.54) is 6.08 Å². The topological polar surface area (TPSA) is 88.4 Å². The van der Waals surface area contributed by atoms with E-state index in [2.05, 4.69) is 42.9 Å². The van der Waals surface area contributed by atoms with Gasteiger partial charge in [-0.3, -0.25) is 4.79 Å². The molecular formula is C20H29N5O2. The summed E-state index contributed by atoms with van der Waals surface area (Å²) in [7, 11) is 0.